The molecule has 0 spiro atoms. The molecule has 6 rings (SSSR count). The molecule has 2 aromatic rings. The van der Waals surface area contributed by atoms with Crippen LogP contribution in [0.25, 0.3) is 31.3 Å². The zero-order valence-electron chi connectivity index (χ0n) is 35.0. The lowest BCUT2D eigenvalue weighted by atomic mass is 9.81. The van der Waals surface area contributed by atoms with Gasteiger partial charge in [0, 0.05) is 21.3 Å². The van der Waals surface area contributed by atoms with Crippen molar-refractivity contribution >= 4 is 0 Å². The second kappa shape index (κ2) is 21.2. The fraction of sp³-hybridized carbons (Fsp3) is 0.707. The first-order chi connectivity index (χ1) is 29.0. The van der Waals surface area contributed by atoms with Gasteiger partial charge >= 0.3 is 0 Å². The van der Waals surface area contributed by atoms with Crippen LogP contribution in [-0.4, -0.2) is 98.4 Å². The highest BCUT2D eigenvalue weighted by Crippen LogP contribution is 2.41. The Kier molecular flexibility index (Phi) is 16.1. The summed E-state index contributed by atoms with van der Waals surface area (Å²) in [5.74, 6) is 0.0343. The highest BCUT2D eigenvalue weighted by atomic mass is 16.8. The summed E-state index contributed by atoms with van der Waals surface area (Å²) in [6.07, 6.45) is -8.95. The molecule has 19 heteroatoms. The standard InChI is InChI=1S/C41H59N11O8/c1-21-23(3)32(43)39(55-25(21)5)58-34-26(6)56-41(38(34)54-20-28-15-11-8-12-16-28)60-37-35(53-19-27-13-9-7-10-14-27)29(47-50-44)17-30(48-51-45)36(37)59-40-33(49-52-46)24(4)22(2)31(18-42)57-40/h7-16,21-26,29-41H,17-20,42-43H2,1-6H3. The molecule has 60 heavy (non-hydrogen) atoms. The highest BCUT2D eigenvalue weighted by molar-refractivity contribution is 5.15. The summed E-state index contributed by atoms with van der Waals surface area (Å²) in [5.41, 5.74) is 44.0. The zero-order chi connectivity index (χ0) is 42.9. The summed E-state index contributed by atoms with van der Waals surface area (Å²) in [5, 5.41) is 12.4. The van der Waals surface area contributed by atoms with Gasteiger partial charge in [-0.05, 0) is 71.7 Å². The molecule has 2 aromatic carbocycles. The van der Waals surface area contributed by atoms with Crippen LogP contribution >= 0.6 is 0 Å². The monoisotopic (exact) mass is 833 g/mol. The summed E-state index contributed by atoms with van der Waals surface area (Å²) in [6.45, 7) is 12.5. The van der Waals surface area contributed by atoms with Crippen molar-refractivity contribution < 1.29 is 37.9 Å². The summed E-state index contributed by atoms with van der Waals surface area (Å²) in [6, 6.07) is 16.1. The number of azide groups is 3. The Balaban J connectivity index is 1.40. The largest absolute Gasteiger partial charge is 0.370 e. The van der Waals surface area contributed by atoms with Gasteiger partial charge in [-0.1, -0.05) is 104 Å². The van der Waals surface area contributed by atoms with Gasteiger partial charge in [0.1, 0.15) is 18.3 Å². The lowest BCUT2D eigenvalue weighted by molar-refractivity contribution is -0.302. The molecular weight excluding hydrogens is 775 g/mol. The Morgan fingerprint density at radius 1 is 0.583 bits per heavy atom. The van der Waals surface area contributed by atoms with Crippen molar-refractivity contribution in [2.45, 2.75) is 153 Å². The number of ether oxygens (including phenoxy) is 8. The minimum atomic E-state index is -1.15. The van der Waals surface area contributed by atoms with Gasteiger partial charge in [-0.25, -0.2) is 0 Å². The smallest absolute Gasteiger partial charge is 0.187 e. The molecule has 4 aliphatic rings. The number of rotatable bonds is 16. The molecule has 0 radical (unpaired) electrons. The molecule has 3 saturated heterocycles. The number of hydrogen-bond acceptors (Lipinski definition) is 13. The van der Waals surface area contributed by atoms with Crippen molar-refractivity contribution in [2.24, 2.45) is 50.5 Å². The molecule has 19 atom stereocenters. The molecule has 4 N–H and O–H groups in total. The molecule has 19 nitrogen and oxygen atoms in total. The average molecular weight is 834 g/mol. The Hall–Kier alpha value is -4.03. The Morgan fingerprint density at radius 2 is 1.12 bits per heavy atom. The second-order valence-electron chi connectivity index (χ2n) is 16.5. The third-order valence-electron chi connectivity index (χ3n) is 12.9. The molecule has 3 heterocycles. The summed E-state index contributed by atoms with van der Waals surface area (Å²) >= 11 is 0. The third kappa shape index (κ3) is 10.3. The van der Waals surface area contributed by atoms with Gasteiger partial charge in [0.15, 0.2) is 18.9 Å². The van der Waals surface area contributed by atoms with Crippen molar-refractivity contribution in [1.82, 2.24) is 0 Å². The van der Waals surface area contributed by atoms with Crippen molar-refractivity contribution in [3.05, 3.63) is 103 Å². The number of nitrogens with zero attached hydrogens (tertiary/aromatic N) is 9. The molecule has 0 aromatic heterocycles. The van der Waals surface area contributed by atoms with Gasteiger partial charge in [0.2, 0.25) is 0 Å². The van der Waals surface area contributed by atoms with Gasteiger partial charge in [-0.15, -0.1) is 0 Å². The fourth-order valence-electron chi connectivity index (χ4n) is 8.74. The number of benzene rings is 2. The van der Waals surface area contributed by atoms with Gasteiger partial charge in [-0.2, -0.15) is 0 Å². The third-order valence-corrected chi connectivity index (χ3v) is 12.9. The predicted molar refractivity (Wildman–Crippen MR) is 219 cm³/mol. The summed E-state index contributed by atoms with van der Waals surface area (Å²) < 4.78 is 53.2. The topological polar surface area (TPSA) is 272 Å². The Morgan fingerprint density at radius 3 is 1.70 bits per heavy atom. The maximum atomic E-state index is 9.89. The van der Waals surface area contributed by atoms with E-state index in [-0.39, 0.29) is 56.0 Å². The summed E-state index contributed by atoms with van der Waals surface area (Å²) in [4.78, 5) is 9.43. The molecule has 0 bridgehead atoms. The number of nitrogens with two attached hydrogens (primary N) is 2. The molecule has 1 saturated carbocycles. The van der Waals surface area contributed by atoms with Crippen LogP contribution in [0.1, 0.15) is 59.1 Å². The molecule has 1 aliphatic carbocycles. The van der Waals surface area contributed by atoms with Crippen LogP contribution in [0.3, 0.4) is 0 Å². The van der Waals surface area contributed by atoms with E-state index >= 15 is 0 Å². The minimum absolute atomic E-state index is 0.0383. The van der Waals surface area contributed by atoms with E-state index in [9.17, 15) is 16.6 Å². The number of hydrogen-bond donors (Lipinski definition) is 2. The van der Waals surface area contributed by atoms with E-state index in [1.54, 1.807) is 0 Å². The van der Waals surface area contributed by atoms with Crippen molar-refractivity contribution in [1.29, 1.82) is 0 Å². The van der Waals surface area contributed by atoms with E-state index in [0.29, 0.717) is 0 Å². The first-order valence-electron chi connectivity index (χ1n) is 20.8. The fourth-order valence-corrected chi connectivity index (χ4v) is 8.74. The quantitative estimate of drug-likeness (QED) is 0.101. The molecule has 4 fully saturated rings. The van der Waals surface area contributed by atoms with E-state index in [4.69, 9.17) is 49.4 Å². The normalized spacial score (nSPS) is 40.4. The highest BCUT2D eigenvalue weighted by Gasteiger charge is 2.55. The Labute approximate surface area is 350 Å². The molecular formula is C41H59N11O8. The second-order valence-corrected chi connectivity index (χ2v) is 16.5. The van der Waals surface area contributed by atoms with Crippen LogP contribution in [-0.2, 0) is 51.1 Å². The SMILES string of the molecule is CC1OC(OC2C(C)OC(OC3C(OCc4ccccc4)C(N=[N+]=[N-])CC(N=[N+]=[N-])C3OC3OC(CN)C(C)C(C)C3N=[N+]=[N-])C2OCc2ccccc2)C(N)C(C)C1C. The van der Waals surface area contributed by atoms with E-state index < -0.39 is 85.8 Å². The van der Waals surface area contributed by atoms with Crippen LogP contribution in [0.5, 0.6) is 0 Å². The molecule has 3 aliphatic heterocycles. The van der Waals surface area contributed by atoms with E-state index in [0.717, 1.165) is 11.1 Å². The molecule has 19 unspecified atom stereocenters. The predicted octanol–water partition coefficient (Wildman–Crippen LogP) is 6.80. The van der Waals surface area contributed by atoms with Crippen molar-refractivity contribution in [3.63, 3.8) is 0 Å². The maximum absolute atomic E-state index is 9.89. The first kappa shape index (κ1) is 45.5. The van der Waals surface area contributed by atoms with Crippen LogP contribution in [0.4, 0.5) is 0 Å². The first-order valence-corrected chi connectivity index (χ1v) is 20.8. The van der Waals surface area contributed by atoms with Crippen LogP contribution in [0.15, 0.2) is 76.0 Å². The van der Waals surface area contributed by atoms with Crippen LogP contribution < -0.4 is 11.5 Å². The van der Waals surface area contributed by atoms with Crippen molar-refractivity contribution in [2.75, 3.05) is 6.54 Å². The molecule has 326 valence electrons. The van der Waals surface area contributed by atoms with Crippen LogP contribution in [0.2, 0.25) is 0 Å². The summed E-state index contributed by atoms with van der Waals surface area (Å²) in [7, 11) is 0. The van der Waals surface area contributed by atoms with Gasteiger partial charge in [-0.3, -0.25) is 0 Å². The minimum Gasteiger partial charge on any atom is -0.370 e. The van der Waals surface area contributed by atoms with E-state index in [1.807, 2.05) is 88.4 Å². The van der Waals surface area contributed by atoms with Gasteiger partial charge < -0.3 is 49.4 Å². The lowest BCUT2D eigenvalue weighted by Gasteiger charge is -2.48. The molecule has 0 amide bonds. The lowest BCUT2D eigenvalue weighted by Crippen LogP contribution is -2.62. The maximum Gasteiger partial charge on any atom is 0.187 e. The zero-order valence-corrected chi connectivity index (χ0v) is 35.0. The van der Waals surface area contributed by atoms with Crippen molar-refractivity contribution in [3.8, 4) is 0 Å². The van der Waals surface area contributed by atoms with E-state index in [1.165, 1.54) is 0 Å². The van der Waals surface area contributed by atoms with Gasteiger partial charge in [0.05, 0.1) is 67.9 Å². The Bertz CT molecular complexity index is 1820. The van der Waals surface area contributed by atoms with Crippen LogP contribution in [0, 0.1) is 23.7 Å². The van der Waals surface area contributed by atoms with Gasteiger partial charge in [0.25, 0.3) is 0 Å². The van der Waals surface area contributed by atoms with E-state index in [2.05, 4.69) is 43.9 Å². The average Bonchev–Trinajstić information content (AvgIpc) is 3.54.